The quantitative estimate of drug-likeness (QED) is 0.555. The number of rotatable bonds is 6. The molecular weight excluding hydrogens is 422 g/mol. The minimum Gasteiger partial charge on any atom is -0.361 e. The van der Waals surface area contributed by atoms with Gasteiger partial charge in [0.25, 0.3) is 0 Å². The number of likely N-dealkylation sites (tertiary alicyclic amines) is 1. The molecule has 2 fully saturated rings. The lowest BCUT2D eigenvalue weighted by atomic mass is 9.65. The van der Waals surface area contributed by atoms with Gasteiger partial charge in [0.15, 0.2) is 0 Å². The van der Waals surface area contributed by atoms with Crippen LogP contribution in [-0.2, 0) is 22.4 Å². The molecule has 2 N–H and O–H groups in total. The van der Waals surface area contributed by atoms with E-state index >= 15 is 0 Å². The van der Waals surface area contributed by atoms with Gasteiger partial charge in [0.05, 0.1) is 6.42 Å². The van der Waals surface area contributed by atoms with Crippen molar-refractivity contribution in [2.75, 3.05) is 6.54 Å². The first kappa shape index (κ1) is 22.7. The lowest BCUT2D eigenvalue weighted by Gasteiger charge is -2.39. The topological polar surface area (TPSA) is 65.2 Å². The van der Waals surface area contributed by atoms with Gasteiger partial charge < -0.3 is 15.2 Å². The maximum absolute atomic E-state index is 14.0. The number of aromatic amines is 1. The van der Waals surface area contributed by atoms with Gasteiger partial charge in [-0.1, -0.05) is 69.3 Å². The van der Waals surface area contributed by atoms with Crippen molar-refractivity contribution in [2.45, 2.75) is 65.0 Å². The smallest absolute Gasteiger partial charge is 0.245 e. The number of hydrogen-bond acceptors (Lipinski definition) is 2. The fourth-order valence-corrected chi connectivity index (χ4v) is 6.66. The number of carbonyl (C=O) groups excluding carboxylic acids is 2. The minimum absolute atomic E-state index is 0.0538. The lowest BCUT2D eigenvalue weighted by Crippen LogP contribution is -2.51. The number of amides is 2. The fraction of sp³-hybridized carbons (Fsp3) is 0.448. The molecule has 1 aliphatic heterocycles. The second-order valence-corrected chi connectivity index (χ2v) is 11.5. The number of carbonyl (C=O) groups is 2. The van der Waals surface area contributed by atoms with Crippen LogP contribution in [0.1, 0.15) is 51.2 Å². The molecule has 1 aliphatic carbocycles. The third-order valence-electron chi connectivity index (χ3n) is 7.64. The highest BCUT2D eigenvalue weighted by Gasteiger charge is 2.51. The van der Waals surface area contributed by atoms with E-state index in [9.17, 15) is 9.59 Å². The molecule has 1 saturated carbocycles. The predicted octanol–water partition coefficient (Wildman–Crippen LogP) is 4.87. The fourth-order valence-electron chi connectivity index (χ4n) is 6.66. The van der Waals surface area contributed by atoms with E-state index in [2.05, 4.69) is 42.0 Å². The Kier molecular flexibility index (Phi) is 5.75. The standard InChI is InChI=1S/C29H35N3O2/c1-28(2)15-22-16-29(3,18-28)19-32(22)27(34)25(31-26(33)13-20-9-5-4-6-10-20)14-21-17-30-24-12-8-7-11-23(21)24/h4-12,17,22,25,30H,13-16,18-19H2,1-3H3,(H,31,33). The summed E-state index contributed by atoms with van der Waals surface area (Å²) in [4.78, 5) is 32.4. The van der Waals surface area contributed by atoms with E-state index in [1.54, 1.807) is 0 Å². The Morgan fingerprint density at radius 1 is 1.06 bits per heavy atom. The Morgan fingerprint density at radius 2 is 1.79 bits per heavy atom. The van der Waals surface area contributed by atoms with E-state index in [-0.39, 0.29) is 35.1 Å². The summed E-state index contributed by atoms with van der Waals surface area (Å²) in [5, 5.41) is 4.22. The van der Waals surface area contributed by atoms with E-state index in [0.717, 1.165) is 47.8 Å². The van der Waals surface area contributed by atoms with Gasteiger partial charge in [-0.25, -0.2) is 0 Å². The Labute approximate surface area is 201 Å². The van der Waals surface area contributed by atoms with Crippen LogP contribution >= 0.6 is 0 Å². The number of benzene rings is 2. The highest BCUT2D eigenvalue weighted by molar-refractivity contribution is 5.90. The summed E-state index contributed by atoms with van der Waals surface area (Å²) in [5.41, 5.74) is 3.44. The molecule has 0 spiro atoms. The van der Waals surface area contributed by atoms with Crippen molar-refractivity contribution in [3.05, 3.63) is 71.9 Å². The molecule has 2 aromatic carbocycles. The van der Waals surface area contributed by atoms with Crippen molar-refractivity contribution in [2.24, 2.45) is 10.8 Å². The van der Waals surface area contributed by atoms with Gasteiger partial charge >= 0.3 is 0 Å². The lowest BCUT2D eigenvalue weighted by molar-refractivity contribution is -0.137. The summed E-state index contributed by atoms with van der Waals surface area (Å²) >= 11 is 0. The van der Waals surface area contributed by atoms with Crippen molar-refractivity contribution in [1.82, 2.24) is 15.2 Å². The van der Waals surface area contributed by atoms with Gasteiger partial charge in [-0.15, -0.1) is 0 Å². The zero-order chi connectivity index (χ0) is 23.9. The number of hydrogen-bond donors (Lipinski definition) is 2. The molecule has 2 bridgehead atoms. The van der Waals surface area contributed by atoms with Gasteiger partial charge in [0.1, 0.15) is 6.04 Å². The third-order valence-corrected chi connectivity index (χ3v) is 7.64. The van der Waals surface area contributed by atoms with Crippen LogP contribution in [0.25, 0.3) is 10.9 Å². The molecule has 1 saturated heterocycles. The molecule has 2 amide bonds. The van der Waals surface area contributed by atoms with Gasteiger partial charge in [-0.05, 0) is 47.3 Å². The summed E-state index contributed by atoms with van der Waals surface area (Å²) in [7, 11) is 0. The van der Waals surface area contributed by atoms with Crippen LogP contribution in [0.4, 0.5) is 0 Å². The molecule has 178 valence electrons. The van der Waals surface area contributed by atoms with Crippen LogP contribution in [0.5, 0.6) is 0 Å². The van der Waals surface area contributed by atoms with Crippen molar-refractivity contribution >= 4 is 22.7 Å². The first-order valence-corrected chi connectivity index (χ1v) is 12.4. The highest BCUT2D eigenvalue weighted by Crippen LogP contribution is 2.52. The predicted molar refractivity (Wildman–Crippen MR) is 135 cm³/mol. The summed E-state index contributed by atoms with van der Waals surface area (Å²) in [6.45, 7) is 7.72. The van der Waals surface area contributed by atoms with Gasteiger partial charge in [0.2, 0.25) is 11.8 Å². The normalized spacial score (nSPS) is 24.2. The molecule has 34 heavy (non-hydrogen) atoms. The van der Waals surface area contributed by atoms with Crippen LogP contribution < -0.4 is 5.32 Å². The molecule has 3 atom stereocenters. The molecule has 3 unspecified atom stereocenters. The second kappa shape index (κ2) is 8.61. The molecule has 1 aromatic heterocycles. The van der Waals surface area contributed by atoms with E-state index in [1.807, 2.05) is 54.7 Å². The molecule has 2 aliphatic rings. The summed E-state index contributed by atoms with van der Waals surface area (Å²) in [6, 6.07) is 17.5. The second-order valence-electron chi connectivity index (χ2n) is 11.5. The minimum atomic E-state index is -0.582. The average molecular weight is 458 g/mol. The van der Waals surface area contributed by atoms with E-state index < -0.39 is 6.04 Å². The molecule has 5 nitrogen and oxygen atoms in total. The zero-order valence-corrected chi connectivity index (χ0v) is 20.4. The zero-order valence-electron chi connectivity index (χ0n) is 20.4. The number of nitrogens with zero attached hydrogens (tertiary/aromatic N) is 1. The van der Waals surface area contributed by atoms with Crippen molar-refractivity contribution < 1.29 is 9.59 Å². The Balaban J connectivity index is 1.40. The third kappa shape index (κ3) is 4.61. The van der Waals surface area contributed by atoms with Crippen LogP contribution in [0, 0.1) is 10.8 Å². The Morgan fingerprint density at radius 3 is 2.59 bits per heavy atom. The molecular formula is C29H35N3O2. The molecule has 5 rings (SSSR count). The van der Waals surface area contributed by atoms with Gasteiger partial charge in [-0.3, -0.25) is 9.59 Å². The first-order chi connectivity index (χ1) is 16.2. The van der Waals surface area contributed by atoms with Crippen molar-refractivity contribution in [1.29, 1.82) is 0 Å². The number of nitrogens with one attached hydrogen (secondary N) is 2. The summed E-state index contributed by atoms with van der Waals surface area (Å²) in [5.74, 6) is -0.0591. The van der Waals surface area contributed by atoms with Crippen LogP contribution in [0.15, 0.2) is 60.8 Å². The van der Waals surface area contributed by atoms with E-state index in [0.29, 0.717) is 6.42 Å². The molecule has 2 heterocycles. The first-order valence-electron chi connectivity index (χ1n) is 12.4. The number of para-hydroxylation sites is 1. The van der Waals surface area contributed by atoms with E-state index in [4.69, 9.17) is 0 Å². The van der Waals surface area contributed by atoms with Gasteiger partial charge in [-0.2, -0.15) is 0 Å². The maximum atomic E-state index is 14.0. The Hall–Kier alpha value is -3.08. The van der Waals surface area contributed by atoms with Crippen LogP contribution in [0.3, 0.4) is 0 Å². The van der Waals surface area contributed by atoms with Crippen LogP contribution in [0.2, 0.25) is 0 Å². The molecule has 5 heteroatoms. The summed E-state index contributed by atoms with van der Waals surface area (Å²) < 4.78 is 0. The van der Waals surface area contributed by atoms with Crippen molar-refractivity contribution in [3.8, 4) is 0 Å². The van der Waals surface area contributed by atoms with Gasteiger partial charge in [0, 0.05) is 36.1 Å². The number of aromatic nitrogens is 1. The SMILES string of the molecule is CC1(C)CC2CC(C)(CN2C(=O)C(Cc2c[nH]c3ccccc23)NC(=O)Cc2ccccc2)C1. The maximum Gasteiger partial charge on any atom is 0.245 e. The van der Waals surface area contributed by atoms with E-state index in [1.165, 1.54) is 0 Å². The molecule has 3 aromatic rings. The summed E-state index contributed by atoms with van der Waals surface area (Å²) in [6.07, 6.45) is 5.93. The molecule has 0 radical (unpaired) electrons. The largest absolute Gasteiger partial charge is 0.361 e. The van der Waals surface area contributed by atoms with Crippen molar-refractivity contribution in [3.63, 3.8) is 0 Å². The average Bonchev–Trinajstić information content (AvgIpc) is 3.30. The number of H-pyrrole nitrogens is 1. The highest BCUT2D eigenvalue weighted by atomic mass is 16.2. The number of fused-ring (bicyclic) bond motifs is 3. The Bertz CT molecular complexity index is 1200. The monoisotopic (exact) mass is 457 g/mol. The van der Waals surface area contributed by atoms with Crippen LogP contribution in [-0.4, -0.2) is 40.3 Å².